The molecule has 0 spiro atoms. The molecule has 2 fully saturated rings. The molecule has 0 aromatic heterocycles. The van der Waals surface area contributed by atoms with Gasteiger partial charge < -0.3 is 14.7 Å². The number of hydrogen-bond acceptors (Lipinski definition) is 3. The third-order valence-corrected chi connectivity index (χ3v) is 5.13. The molecule has 1 aliphatic carbocycles. The number of carboxylic acid groups (broad SMARTS) is 1. The van der Waals surface area contributed by atoms with Gasteiger partial charge in [-0.25, -0.2) is 0 Å². The lowest BCUT2D eigenvalue weighted by atomic mass is 9.80. The molecule has 5 nitrogen and oxygen atoms in total. The molecule has 3 unspecified atom stereocenters. The molecule has 3 rings (SSSR count). The van der Waals surface area contributed by atoms with E-state index in [0.717, 1.165) is 19.3 Å². The number of carbonyl (C=O) groups excluding carboxylic acids is 1. The van der Waals surface area contributed by atoms with Crippen molar-refractivity contribution in [3.05, 3.63) is 35.9 Å². The van der Waals surface area contributed by atoms with Crippen LogP contribution >= 0.6 is 0 Å². The van der Waals surface area contributed by atoms with Gasteiger partial charge in [0.05, 0.1) is 18.6 Å². The lowest BCUT2D eigenvalue weighted by Gasteiger charge is -2.36. The summed E-state index contributed by atoms with van der Waals surface area (Å²) in [7, 11) is 0. The van der Waals surface area contributed by atoms with Crippen molar-refractivity contribution < 1.29 is 19.4 Å². The smallest absolute Gasteiger partial charge is 0.306 e. The second-order valence-corrected chi connectivity index (χ2v) is 6.87. The summed E-state index contributed by atoms with van der Waals surface area (Å²) in [6.07, 6.45) is 3.62. The Hall–Kier alpha value is -1.88. The topological polar surface area (TPSA) is 66.8 Å². The standard InChI is InChI=1S/C19H25NO4/c21-18(15-7-4-8-16(12-15)19(22)23)20-9-10-24-17(13-20)11-14-5-2-1-3-6-14/h1-3,5-6,15-17H,4,7-13H2,(H,22,23). The first-order valence-corrected chi connectivity index (χ1v) is 8.80. The zero-order valence-corrected chi connectivity index (χ0v) is 13.9. The summed E-state index contributed by atoms with van der Waals surface area (Å²) in [5.41, 5.74) is 1.21. The summed E-state index contributed by atoms with van der Waals surface area (Å²) in [5.74, 6) is -1.16. The van der Waals surface area contributed by atoms with E-state index in [1.165, 1.54) is 5.56 Å². The Labute approximate surface area is 142 Å². The van der Waals surface area contributed by atoms with E-state index < -0.39 is 5.97 Å². The highest BCUT2D eigenvalue weighted by atomic mass is 16.5. The first-order valence-electron chi connectivity index (χ1n) is 8.80. The second kappa shape index (κ2) is 7.79. The maximum absolute atomic E-state index is 12.8. The number of carbonyl (C=O) groups is 2. The normalized spacial score (nSPS) is 27.7. The van der Waals surface area contributed by atoms with Crippen LogP contribution in [0.15, 0.2) is 30.3 Å². The maximum atomic E-state index is 12.8. The highest BCUT2D eigenvalue weighted by Gasteiger charge is 2.35. The van der Waals surface area contributed by atoms with Crippen LogP contribution < -0.4 is 0 Å². The minimum absolute atomic E-state index is 0.0176. The number of hydrogen-bond donors (Lipinski definition) is 1. The van der Waals surface area contributed by atoms with Gasteiger partial charge in [0.1, 0.15) is 0 Å². The predicted molar refractivity (Wildman–Crippen MR) is 89.5 cm³/mol. The van der Waals surface area contributed by atoms with Crippen LogP contribution in [-0.2, 0) is 20.7 Å². The summed E-state index contributed by atoms with van der Waals surface area (Å²) in [6.45, 7) is 1.76. The van der Waals surface area contributed by atoms with Gasteiger partial charge in [-0.1, -0.05) is 36.8 Å². The molecule has 1 aromatic carbocycles. The molecule has 2 aliphatic rings. The van der Waals surface area contributed by atoms with Crippen LogP contribution in [0.25, 0.3) is 0 Å². The molecule has 5 heteroatoms. The van der Waals surface area contributed by atoms with Crippen molar-refractivity contribution in [1.29, 1.82) is 0 Å². The number of morpholine rings is 1. The lowest BCUT2D eigenvalue weighted by Crippen LogP contribution is -2.49. The molecule has 1 saturated heterocycles. The van der Waals surface area contributed by atoms with Crippen molar-refractivity contribution in [2.75, 3.05) is 19.7 Å². The SMILES string of the molecule is O=C(O)C1CCCC(C(=O)N2CCOC(Cc3ccccc3)C2)C1. The van der Waals surface area contributed by atoms with E-state index in [0.29, 0.717) is 32.5 Å². The van der Waals surface area contributed by atoms with E-state index in [1.807, 2.05) is 23.1 Å². The van der Waals surface area contributed by atoms with E-state index in [9.17, 15) is 14.7 Å². The fourth-order valence-electron chi connectivity index (χ4n) is 3.82. The molecule has 1 saturated carbocycles. The first-order chi connectivity index (χ1) is 11.6. The number of carboxylic acids is 1. The molecule has 0 radical (unpaired) electrons. The number of ether oxygens (including phenoxy) is 1. The quantitative estimate of drug-likeness (QED) is 0.920. The fraction of sp³-hybridized carbons (Fsp3) is 0.579. The lowest BCUT2D eigenvalue weighted by molar-refractivity contribution is -0.148. The van der Waals surface area contributed by atoms with Crippen LogP contribution in [0.3, 0.4) is 0 Å². The number of amides is 1. The predicted octanol–water partition coefficient (Wildman–Crippen LogP) is 2.35. The third-order valence-electron chi connectivity index (χ3n) is 5.13. The third kappa shape index (κ3) is 4.15. The van der Waals surface area contributed by atoms with Gasteiger partial charge in [-0.2, -0.15) is 0 Å². The summed E-state index contributed by atoms with van der Waals surface area (Å²) >= 11 is 0. The summed E-state index contributed by atoms with van der Waals surface area (Å²) in [6, 6.07) is 10.2. The van der Waals surface area contributed by atoms with Crippen LogP contribution in [0, 0.1) is 11.8 Å². The molecular weight excluding hydrogens is 306 g/mol. The van der Waals surface area contributed by atoms with Gasteiger partial charge in [0.15, 0.2) is 0 Å². The van der Waals surface area contributed by atoms with Crippen LogP contribution in [0.5, 0.6) is 0 Å². The van der Waals surface area contributed by atoms with Gasteiger partial charge in [0.2, 0.25) is 5.91 Å². The van der Waals surface area contributed by atoms with E-state index >= 15 is 0 Å². The van der Waals surface area contributed by atoms with Gasteiger partial charge in [-0.3, -0.25) is 9.59 Å². The minimum Gasteiger partial charge on any atom is -0.481 e. The van der Waals surface area contributed by atoms with Crippen LogP contribution in [-0.4, -0.2) is 47.7 Å². The number of benzene rings is 1. The highest BCUT2D eigenvalue weighted by molar-refractivity contribution is 5.80. The zero-order valence-electron chi connectivity index (χ0n) is 13.9. The Balaban J connectivity index is 1.57. The fourth-order valence-corrected chi connectivity index (χ4v) is 3.82. The molecule has 1 aromatic rings. The molecule has 130 valence electrons. The average molecular weight is 331 g/mol. The van der Waals surface area contributed by atoms with Gasteiger partial charge in [-0.05, 0) is 24.8 Å². The summed E-state index contributed by atoms with van der Waals surface area (Å²) < 4.78 is 5.82. The van der Waals surface area contributed by atoms with Crippen molar-refractivity contribution >= 4 is 11.9 Å². The highest BCUT2D eigenvalue weighted by Crippen LogP contribution is 2.31. The number of rotatable bonds is 4. The minimum atomic E-state index is -0.767. The van der Waals surface area contributed by atoms with E-state index in [1.54, 1.807) is 0 Å². The van der Waals surface area contributed by atoms with Crippen molar-refractivity contribution in [2.24, 2.45) is 11.8 Å². The van der Waals surface area contributed by atoms with Gasteiger partial charge in [-0.15, -0.1) is 0 Å². The Morgan fingerprint density at radius 1 is 1.17 bits per heavy atom. The van der Waals surface area contributed by atoms with Crippen molar-refractivity contribution in [3.8, 4) is 0 Å². The zero-order chi connectivity index (χ0) is 16.9. The molecule has 24 heavy (non-hydrogen) atoms. The number of nitrogens with zero attached hydrogens (tertiary/aromatic N) is 1. The molecule has 1 N–H and O–H groups in total. The summed E-state index contributed by atoms with van der Waals surface area (Å²) in [4.78, 5) is 25.9. The second-order valence-electron chi connectivity index (χ2n) is 6.87. The molecular formula is C19H25NO4. The first kappa shape index (κ1) is 17.0. The van der Waals surface area contributed by atoms with E-state index in [4.69, 9.17) is 4.74 Å². The Kier molecular flexibility index (Phi) is 5.51. The molecule has 1 heterocycles. The Morgan fingerprint density at radius 2 is 1.92 bits per heavy atom. The van der Waals surface area contributed by atoms with Crippen LogP contribution in [0.4, 0.5) is 0 Å². The average Bonchev–Trinajstić information content (AvgIpc) is 2.62. The Morgan fingerprint density at radius 3 is 2.67 bits per heavy atom. The van der Waals surface area contributed by atoms with E-state index in [-0.39, 0.29) is 23.8 Å². The van der Waals surface area contributed by atoms with Crippen LogP contribution in [0.1, 0.15) is 31.2 Å². The molecule has 3 atom stereocenters. The molecule has 1 aliphatic heterocycles. The van der Waals surface area contributed by atoms with Gasteiger partial charge in [0, 0.05) is 25.4 Å². The molecule has 0 bridgehead atoms. The van der Waals surface area contributed by atoms with E-state index in [2.05, 4.69) is 12.1 Å². The van der Waals surface area contributed by atoms with Gasteiger partial charge in [0.25, 0.3) is 0 Å². The van der Waals surface area contributed by atoms with Gasteiger partial charge >= 0.3 is 5.97 Å². The Bertz CT molecular complexity index is 574. The van der Waals surface area contributed by atoms with Crippen molar-refractivity contribution in [1.82, 2.24) is 4.90 Å². The number of aliphatic carboxylic acids is 1. The van der Waals surface area contributed by atoms with Crippen molar-refractivity contribution in [3.63, 3.8) is 0 Å². The maximum Gasteiger partial charge on any atom is 0.306 e. The molecule has 1 amide bonds. The monoisotopic (exact) mass is 331 g/mol. The summed E-state index contributed by atoms with van der Waals surface area (Å²) in [5, 5.41) is 9.21. The van der Waals surface area contributed by atoms with Crippen molar-refractivity contribution in [2.45, 2.75) is 38.2 Å². The largest absolute Gasteiger partial charge is 0.481 e. The van der Waals surface area contributed by atoms with Crippen LogP contribution in [0.2, 0.25) is 0 Å².